The average Bonchev–Trinajstić information content (AvgIpc) is 2.75. The third kappa shape index (κ3) is 26.5. The number of ether oxygens (including phenoxy) is 1. The molecule has 1 N–H and O–H groups in total. The molecule has 10 heteroatoms. The third-order valence-corrected chi connectivity index (χ3v) is 8.68. The Morgan fingerprint density at radius 3 is 1.61 bits per heavy atom. The normalized spacial score (nSPS) is 15.0. The van der Waals surface area contributed by atoms with Gasteiger partial charge in [0.2, 0.25) is 0 Å². The summed E-state index contributed by atoms with van der Waals surface area (Å²) < 4.78 is 29.1. The standard InChI is InChI=1S/C14H23O2P.C7H17O2P.2CO2/c1-4-13(2)11-17(3,15)12-16-10-14-8-6-5-7-9-14;1-4-7(2)5-10(3,9)6-8;2*2-1-3/h5-9,13H,4,10-12H2,1-3H3;7-8H,4-6H2,1-3H3;;/t13-,17-;7-,10-;;/m00../s1. The van der Waals surface area contributed by atoms with Crippen LogP contribution < -0.4 is 0 Å². The van der Waals surface area contributed by atoms with Crippen molar-refractivity contribution in [2.24, 2.45) is 11.8 Å². The zero-order valence-corrected chi connectivity index (χ0v) is 22.5. The van der Waals surface area contributed by atoms with Gasteiger partial charge in [0.05, 0.1) is 19.3 Å². The van der Waals surface area contributed by atoms with Crippen LogP contribution in [0.2, 0.25) is 0 Å². The van der Waals surface area contributed by atoms with Gasteiger partial charge in [0, 0.05) is 12.3 Å². The quantitative estimate of drug-likeness (QED) is 0.414. The highest BCUT2D eigenvalue weighted by Gasteiger charge is 2.18. The molecule has 0 aliphatic heterocycles. The van der Waals surface area contributed by atoms with Crippen LogP contribution in [0.1, 0.15) is 46.1 Å². The van der Waals surface area contributed by atoms with E-state index in [1.165, 1.54) is 0 Å². The van der Waals surface area contributed by atoms with Crippen LogP contribution in [0.5, 0.6) is 0 Å². The van der Waals surface area contributed by atoms with E-state index in [1.807, 2.05) is 37.0 Å². The van der Waals surface area contributed by atoms with Crippen LogP contribution in [-0.2, 0) is 39.7 Å². The Morgan fingerprint density at radius 2 is 1.24 bits per heavy atom. The molecule has 1 rings (SSSR count). The van der Waals surface area contributed by atoms with Crippen LogP contribution in [0.15, 0.2) is 30.3 Å². The van der Waals surface area contributed by atoms with Crippen molar-refractivity contribution in [3.8, 4) is 0 Å². The maximum atomic E-state index is 12.2. The molecule has 0 saturated heterocycles. The van der Waals surface area contributed by atoms with E-state index in [-0.39, 0.29) is 18.7 Å². The molecule has 0 radical (unpaired) electrons. The summed E-state index contributed by atoms with van der Waals surface area (Å²) in [7, 11) is -4.31. The smallest absolute Gasteiger partial charge is 0.373 e. The van der Waals surface area contributed by atoms with Crippen molar-refractivity contribution in [1.29, 1.82) is 0 Å². The molecular formula is C23H40O8P2. The molecule has 0 aliphatic rings. The maximum absolute atomic E-state index is 12.2. The molecule has 0 amide bonds. The van der Waals surface area contributed by atoms with E-state index in [0.717, 1.165) is 24.6 Å². The molecule has 0 spiro atoms. The van der Waals surface area contributed by atoms with Crippen LogP contribution in [0.3, 0.4) is 0 Å². The molecular weight excluding hydrogens is 466 g/mol. The van der Waals surface area contributed by atoms with Crippen LogP contribution in [0, 0.1) is 11.8 Å². The molecule has 0 fully saturated rings. The van der Waals surface area contributed by atoms with Crippen LogP contribution in [0.25, 0.3) is 0 Å². The lowest BCUT2D eigenvalue weighted by Crippen LogP contribution is -2.05. The van der Waals surface area contributed by atoms with Crippen molar-refractivity contribution >= 4 is 26.6 Å². The van der Waals surface area contributed by atoms with Crippen molar-refractivity contribution in [2.75, 3.05) is 38.3 Å². The van der Waals surface area contributed by atoms with E-state index in [2.05, 4.69) is 27.7 Å². The largest absolute Gasteiger partial charge is 0.389 e. The highest BCUT2D eigenvalue weighted by Crippen LogP contribution is 2.43. The third-order valence-electron chi connectivity index (χ3n) is 4.56. The monoisotopic (exact) mass is 506 g/mol. The fraction of sp³-hybridized carbons (Fsp3) is 0.652. The first-order valence-electron chi connectivity index (χ1n) is 10.7. The van der Waals surface area contributed by atoms with Crippen LogP contribution in [-0.4, -0.2) is 55.8 Å². The Bertz CT molecular complexity index is 743. The minimum atomic E-state index is -2.19. The Labute approximate surface area is 198 Å². The average molecular weight is 507 g/mol. The minimum absolute atomic E-state index is 0.142. The summed E-state index contributed by atoms with van der Waals surface area (Å²) in [5.74, 6) is 0.995. The minimum Gasteiger partial charge on any atom is -0.389 e. The number of aliphatic hydroxyl groups is 1. The SMILES string of the molecule is CC[C@H](C)C[P@](C)(=O)CO.CC[C@H](C)C[P@](C)(=O)COCc1ccccc1.O=C=O.O=C=O. The Kier molecular flexibility index (Phi) is 24.1. The first-order valence-corrected chi connectivity index (χ1v) is 15.7. The first kappa shape index (κ1) is 35.9. The highest BCUT2D eigenvalue weighted by molar-refractivity contribution is 7.63. The zero-order valence-electron chi connectivity index (χ0n) is 20.7. The second-order valence-corrected chi connectivity index (χ2v) is 14.7. The molecule has 8 nitrogen and oxygen atoms in total. The fourth-order valence-electron chi connectivity index (χ4n) is 2.62. The van der Waals surface area contributed by atoms with E-state index in [4.69, 9.17) is 29.0 Å². The molecule has 33 heavy (non-hydrogen) atoms. The lowest BCUT2D eigenvalue weighted by molar-refractivity contribution is -0.193. The molecule has 4 atom stereocenters. The molecule has 0 aromatic heterocycles. The van der Waals surface area contributed by atoms with Gasteiger partial charge >= 0.3 is 12.3 Å². The van der Waals surface area contributed by atoms with E-state index in [1.54, 1.807) is 6.66 Å². The van der Waals surface area contributed by atoms with Crippen molar-refractivity contribution in [3.05, 3.63) is 35.9 Å². The van der Waals surface area contributed by atoms with Crippen LogP contribution >= 0.6 is 14.3 Å². The van der Waals surface area contributed by atoms with Gasteiger partial charge in [-0.3, -0.25) is 0 Å². The Balaban J connectivity index is -0.000000476. The Morgan fingerprint density at radius 1 is 0.848 bits per heavy atom. The van der Waals surface area contributed by atoms with Gasteiger partial charge in [-0.15, -0.1) is 0 Å². The number of carbonyl (C=O) groups excluding carboxylic acids is 4. The predicted octanol–water partition coefficient (Wildman–Crippen LogP) is 5.01. The number of rotatable bonds is 11. The molecule has 0 heterocycles. The Hall–Kier alpha value is -1.64. The van der Waals surface area contributed by atoms with Crippen molar-refractivity contribution < 1.29 is 38.2 Å². The van der Waals surface area contributed by atoms with Gasteiger partial charge < -0.3 is 19.0 Å². The van der Waals surface area contributed by atoms with Gasteiger partial charge in [0.25, 0.3) is 0 Å². The topological polar surface area (TPSA) is 132 Å². The van der Waals surface area contributed by atoms with Crippen molar-refractivity contribution in [2.45, 2.75) is 47.1 Å². The summed E-state index contributed by atoms with van der Waals surface area (Å²) in [6.07, 6.45) is 4.34. The second kappa shape index (κ2) is 22.2. The van der Waals surface area contributed by atoms with E-state index >= 15 is 0 Å². The van der Waals surface area contributed by atoms with Gasteiger partial charge in [0.15, 0.2) is 0 Å². The predicted molar refractivity (Wildman–Crippen MR) is 129 cm³/mol. The summed E-state index contributed by atoms with van der Waals surface area (Å²) in [5, 5.41) is 8.68. The maximum Gasteiger partial charge on any atom is 0.373 e. The molecule has 0 bridgehead atoms. The summed E-state index contributed by atoms with van der Waals surface area (Å²) in [6.45, 7) is 12.5. The lowest BCUT2D eigenvalue weighted by Gasteiger charge is -2.17. The molecule has 0 aliphatic carbocycles. The number of aliphatic hydroxyl groups excluding tert-OH is 1. The fourth-order valence-corrected chi connectivity index (χ4v) is 6.47. The number of benzene rings is 1. The van der Waals surface area contributed by atoms with Gasteiger partial charge in [-0.05, 0) is 30.7 Å². The van der Waals surface area contributed by atoms with Gasteiger partial charge in [-0.25, -0.2) is 0 Å². The highest BCUT2D eigenvalue weighted by atomic mass is 31.2. The summed E-state index contributed by atoms with van der Waals surface area (Å²) in [5.41, 5.74) is 1.14. The summed E-state index contributed by atoms with van der Waals surface area (Å²) >= 11 is 0. The molecule has 1 aromatic rings. The molecule has 0 saturated carbocycles. The molecule has 1 aromatic carbocycles. The molecule has 190 valence electrons. The van der Waals surface area contributed by atoms with Crippen LogP contribution in [0.4, 0.5) is 0 Å². The van der Waals surface area contributed by atoms with Crippen molar-refractivity contribution in [3.63, 3.8) is 0 Å². The summed E-state index contributed by atoms with van der Waals surface area (Å²) in [6, 6.07) is 10.0. The first-order chi connectivity index (χ1) is 15.4. The second-order valence-electron chi connectivity index (χ2n) is 8.26. The van der Waals surface area contributed by atoms with Crippen molar-refractivity contribution in [1.82, 2.24) is 0 Å². The summed E-state index contributed by atoms with van der Waals surface area (Å²) in [4.78, 5) is 32.5. The van der Waals surface area contributed by atoms with E-state index in [0.29, 0.717) is 31.0 Å². The lowest BCUT2D eigenvalue weighted by atomic mass is 10.2. The van der Waals surface area contributed by atoms with E-state index < -0.39 is 14.3 Å². The van der Waals surface area contributed by atoms with Gasteiger partial charge in [0.1, 0.15) is 14.3 Å². The van der Waals surface area contributed by atoms with Gasteiger partial charge in [-0.1, -0.05) is 70.9 Å². The van der Waals surface area contributed by atoms with E-state index in [9.17, 15) is 9.13 Å². The number of hydrogen-bond donors (Lipinski definition) is 1. The van der Waals surface area contributed by atoms with Gasteiger partial charge in [-0.2, -0.15) is 19.2 Å². The molecule has 0 unspecified atom stereocenters. The zero-order chi connectivity index (χ0) is 26.3. The number of hydrogen-bond acceptors (Lipinski definition) is 8.